The van der Waals surface area contributed by atoms with Crippen LogP contribution in [0.15, 0.2) is 18.2 Å². The summed E-state index contributed by atoms with van der Waals surface area (Å²) in [5, 5.41) is 12.2. The topological polar surface area (TPSA) is 52.6 Å². The van der Waals surface area contributed by atoms with Gasteiger partial charge in [0, 0.05) is 6.61 Å². The van der Waals surface area contributed by atoms with Gasteiger partial charge in [-0.3, -0.25) is 9.69 Å². The highest BCUT2D eigenvalue weighted by Crippen LogP contribution is 2.18. The summed E-state index contributed by atoms with van der Waals surface area (Å²) < 4.78 is 0. The van der Waals surface area contributed by atoms with Crippen molar-refractivity contribution in [2.24, 2.45) is 5.92 Å². The number of likely N-dealkylation sites (tertiary alicyclic amines) is 1. The van der Waals surface area contributed by atoms with E-state index in [0.29, 0.717) is 12.5 Å². The number of piperidine rings is 1. The summed E-state index contributed by atoms with van der Waals surface area (Å²) in [4.78, 5) is 14.4. The van der Waals surface area contributed by atoms with Gasteiger partial charge in [-0.2, -0.15) is 0 Å². The van der Waals surface area contributed by atoms with E-state index in [1.54, 1.807) is 0 Å². The molecule has 0 radical (unpaired) electrons. The molecule has 0 saturated carbocycles. The van der Waals surface area contributed by atoms with Crippen LogP contribution in [0.3, 0.4) is 0 Å². The quantitative estimate of drug-likeness (QED) is 0.877. The summed E-state index contributed by atoms with van der Waals surface area (Å²) in [5.41, 5.74) is 3.68. The number of carbonyl (C=O) groups is 1. The molecule has 1 fully saturated rings. The fraction of sp³-hybridized carbons (Fsp3) is 0.611. The molecular formula is C18H28N2O2. The molecule has 1 aliphatic rings. The minimum atomic E-state index is 0.0294. The van der Waals surface area contributed by atoms with Gasteiger partial charge in [0.2, 0.25) is 5.91 Å². The van der Waals surface area contributed by atoms with Crippen molar-refractivity contribution in [2.45, 2.75) is 39.7 Å². The van der Waals surface area contributed by atoms with E-state index in [2.05, 4.69) is 42.3 Å². The van der Waals surface area contributed by atoms with Crippen molar-refractivity contribution in [3.8, 4) is 0 Å². The monoisotopic (exact) mass is 304 g/mol. The lowest BCUT2D eigenvalue weighted by molar-refractivity contribution is -0.123. The van der Waals surface area contributed by atoms with E-state index in [9.17, 15) is 4.79 Å². The average Bonchev–Trinajstić information content (AvgIpc) is 2.50. The van der Waals surface area contributed by atoms with Gasteiger partial charge in [0.05, 0.1) is 12.6 Å². The van der Waals surface area contributed by atoms with Crippen LogP contribution in [0.25, 0.3) is 0 Å². The Morgan fingerprint density at radius 1 is 1.32 bits per heavy atom. The minimum absolute atomic E-state index is 0.0294. The first kappa shape index (κ1) is 17.0. The number of nitrogens with zero attached hydrogens (tertiary/aromatic N) is 1. The Balaban J connectivity index is 1.82. The fourth-order valence-corrected chi connectivity index (χ4v) is 2.93. The van der Waals surface area contributed by atoms with E-state index in [1.807, 2.05) is 6.92 Å². The van der Waals surface area contributed by atoms with Gasteiger partial charge in [0.1, 0.15) is 0 Å². The first-order chi connectivity index (χ1) is 10.5. The Labute approximate surface area is 133 Å². The Morgan fingerprint density at radius 2 is 2.00 bits per heavy atom. The molecule has 1 aromatic rings. The molecule has 1 atom stereocenters. The molecular weight excluding hydrogens is 276 g/mol. The first-order valence-electron chi connectivity index (χ1n) is 8.19. The first-order valence-corrected chi connectivity index (χ1v) is 8.19. The standard InChI is InChI=1S/C18H28N2O2/c1-13-4-5-17(10-14(13)2)15(3)19-18(22)11-20-8-6-16(12-21)7-9-20/h4-5,10,15-16,21H,6-9,11-12H2,1-3H3,(H,19,22). The van der Waals surface area contributed by atoms with Crippen LogP contribution in [0.1, 0.15) is 42.5 Å². The van der Waals surface area contributed by atoms with Crippen molar-refractivity contribution in [1.29, 1.82) is 0 Å². The van der Waals surface area contributed by atoms with Gasteiger partial charge < -0.3 is 10.4 Å². The maximum absolute atomic E-state index is 12.2. The maximum atomic E-state index is 12.2. The smallest absolute Gasteiger partial charge is 0.234 e. The SMILES string of the molecule is Cc1ccc(C(C)NC(=O)CN2CCC(CO)CC2)cc1C. The minimum Gasteiger partial charge on any atom is -0.396 e. The third-order valence-electron chi connectivity index (χ3n) is 4.74. The number of rotatable bonds is 5. The van der Waals surface area contributed by atoms with E-state index >= 15 is 0 Å². The molecule has 2 N–H and O–H groups in total. The normalized spacial score (nSPS) is 18.2. The highest BCUT2D eigenvalue weighted by Gasteiger charge is 2.20. The maximum Gasteiger partial charge on any atom is 0.234 e. The van der Waals surface area contributed by atoms with Crippen molar-refractivity contribution < 1.29 is 9.90 Å². The molecule has 122 valence electrons. The number of aryl methyl sites for hydroxylation is 2. The predicted molar refractivity (Wildman–Crippen MR) is 88.7 cm³/mol. The number of amides is 1. The highest BCUT2D eigenvalue weighted by atomic mass is 16.3. The molecule has 4 heteroatoms. The van der Waals surface area contributed by atoms with Gasteiger partial charge in [-0.05, 0) is 69.3 Å². The molecule has 1 amide bonds. The third kappa shape index (κ3) is 4.55. The van der Waals surface area contributed by atoms with Crippen LogP contribution in [0.2, 0.25) is 0 Å². The number of nitrogens with one attached hydrogen (secondary N) is 1. The van der Waals surface area contributed by atoms with Crippen molar-refractivity contribution >= 4 is 5.91 Å². The van der Waals surface area contributed by atoms with Crippen LogP contribution in [0, 0.1) is 19.8 Å². The predicted octanol–water partition coefficient (Wildman–Crippen LogP) is 2.18. The zero-order chi connectivity index (χ0) is 16.1. The lowest BCUT2D eigenvalue weighted by Gasteiger charge is -2.30. The summed E-state index contributed by atoms with van der Waals surface area (Å²) in [6.45, 7) is 8.74. The molecule has 1 aliphatic heterocycles. The van der Waals surface area contributed by atoms with Gasteiger partial charge in [0.15, 0.2) is 0 Å². The average molecular weight is 304 g/mol. The number of carbonyl (C=O) groups excluding carboxylic acids is 1. The Kier molecular flexibility index (Phi) is 5.98. The Morgan fingerprint density at radius 3 is 2.59 bits per heavy atom. The van der Waals surface area contributed by atoms with Crippen molar-refractivity contribution in [3.05, 3.63) is 34.9 Å². The summed E-state index contributed by atoms with van der Waals surface area (Å²) in [6, 6.07) is 6.36. The number of benzene rings is 1. The third-order valence-corrected chi connectivity index (χ3v) is 4.74. The summed E-state index contributed by atoms with van der Waals surface area (Å²) >= 11 is 0. The van der Waals surface area contributed by atoms with Crippen LogP contribution in [-0.2, 0) is 4.79 Å². The van der Waals surface area contributed by atoms with Gasteiger partial charge in [-0.25, -0.2) is 0 Å². The van der Waals surface area contributed by atoms with Crippen LogP contribution < -0.4 is 5.32 Å². The van der Waals surface area contributed by atoms with Crippen LogP contribution in [0.5, 0.6) is 0 Å². The molecule has 0 aliphatic carbocycles. The Hall–Kier alpha value is -1.39. The van der Waals surface area contributed by atoms with Crippen LogP contribution >= 0.6 is 0 Å². The van der Waals surface area contributed by atoms with Gasteiger partial charge in [0.25, 0.3) is 0 Å². The van der Waals surface area contributed by atoms with E-state index in [1.165, 1.54) is 11.1 Å². The van der Waals surface area contributed by atoms with Gasteiger partial charge in [-0.1, -0.05) is 18.2 Å². The van der Waals surface area contributed by atoms with Crippen LogP contribution in [-0.4, -0.2) is 42.2 Å². The van der Waals surface area contributed by atoms with Crippen LogP contribution in [0.4, 0.5) is 0 Å². The second-order valence-electron chi connectivity index (χ2n) is 6.53. The van der Waals surface area contributed by atoms with E-state index in [4.69, 9.17) is 5.11 Å². The fourth-order valence-electron chi connectivity index (χ4n) is 2.93. The lowest BCUT2D eigenvalue weighted by atomic mass is 9.98. The molecule has 1 saturated heterocycles. The lowest BCUT2D eigenvalue weighted by Crippen LogP contribution is -2.42. The molecule has 4 nitrogen and oxygen atoms in total. The second-order valence-corrected chi connectivity index (χ2v) is 6.53. The molecule has 1 unspecified atom stereocenters. The molecule has 1 heterocycles. The molecule has 0 spiro atoms. The largest absolute Gasteiger partial charge is 0.396 e. The molecule has 2 rings (SSSR count). The van der Waals surface area contributed by atoms with Crippen molar-refractivity contribution in [2.75, 3.05) is 26.2 Å². The van der Waals surface area contributed by atoms with Crippen molar-refractivity contribution in [1.82, 2.24) is 10.2 Å². The van der Waals surface area contributed by atoms with E-state index < -0.39 is 0 Å². The van der Waals surface area contributed by atoms with E-state index in [0.717, 1.165) is 31.5 Å². The number of aliphatic hydroxyl groups is 1. The Bertz CT molecular complexity index is 508. The van der Waals surface area contributed by atoms with Gasteiger partial charge in [-0.15, -0.1) is 0 Å². The number of hydrogen-bond donors (Lipinski definition) is 2. The number of aliphatic hydroxyl groups excluding tert-OH is 1. The summed E-state index contributed by atoms with van der Waals surface area (Å²) in [5.74, 6) is 0.488. The molecule has 0 bridgehead atoms. The second kappa shape index (κ2) is 7.75. The van der Waals surface area contributed by atoms with E-state index in [-0.39, 0.29) is 18.6 Å². The zero-order valence-corrected chi connectivity index (χ0v) is 13.9. The molecule has 1 aromatic carbocycles. The molecule has 0 aromatic heterocycles. The van der Waals surface area contributed by atoms with Crippen molar-refractivity contribution in [3.63, 3.8) is 0 Å². The number of hydrogen-bond acceptors (Lipinski definition) is 3. The zero-order valence-electron chi connectivity index (χ0n) is 13.9. The molecule has 22 heavy (non-hydrogen) atoms. The van der Waals surface area contributed by atoms with Gasteiger partial charge >= 0.3 is 0 Å². The summed E-state index contributed by atoms with van der Waals surface area (Å²) in [6.07, 6.45) is 1.97. The highest BCUT2D eigenvalue weighted by molar-refractivity contribution is 5.78. The summed E-state index contributed by atoms with van der Waals surface area (Å²) in [7, 11) is 0.